The molecule has 1 amide bonds. The lowest BCUT2D eigenvalue weighted by atomic mass is 10.2. The Balaban J connectivity index is 2.71. The number of benzene rings is 1. The molecule has 0 radical (unpaired) electrons. The van der Waals surface area contributed by atoms with E-state index < -0.39 is 0 Å². The predicted molar refractivity (Wildman–Crippen MR) is 68.6 cm³/mol. The summed E-state index contributed by atoms with van der Waals surface area (Å²) in [5, 5.41) is 12.7. The van der Waals surface area contributed by atoms with Crippen molar-refractivity contribution in [3.63, 3.8) is 0 Å². The van der Waals surface area contributed by atoms with Gasteiger partial charge in [0.2, 0.25) is 0 Å². The molecule has 0 heterocycles. The molecule has 0 aliphatic rings. The molecule has 1 aromatic carbocycles. The highest BCUT2D eigenvalue weighted by atomic mass is 35.5. The zero-order chi connectivity index (χ0) is 12.8. The number of rotatable bonds is 5. The van der Waals surface area contributed by atoms with Crippen LogP contribution in [0.5, 0.6) is 5.75 Å². The smallest absolute Gasteiger partial charge is 0.255 e. The monoisotopic (exact) mass is 256 g/mol. The molecule has 0 spiro atoms. The van der Waals surface area contributed by atoms with E-state index in [0.717, 1.165) is 13.0 Å². The molecule has 0 atom stereocenters. The molecule has 1 rings (SSSR count). The van der Waals surface area contributed by atoms with Crippen LogP contribution in [-0.2, 0) is 0 Å². The molecule has 17 heavy (non-hydrogen) atoms. The number of carbonyl (C=O) groups excluding carboxylic acids is 1. The second kappa shape index (κ2) is 6.47. The molecular formula is C12H17ClN2O2. The van der Waals surface area contributed by atoms with Crippen LogP contribution < -0.4 is 5.32 Å². The maximum absolute atomic E-state index is 12.0. The fourth-order valence-electron chi connectivity index (χ4n) is 1.48. The summed E-state index contributed by atoms with van der Waals surface area (Å²) in [6, 6.07) is 4.37. The highest BCUT2D eigenvalue weighted by Crippen LogP contribution is 2.22. The number of nitrogens with one attached hydrogen (secondary N) is 1. The van der Waals surface area contributed by atoms with Gasteiger partial charge in [-0.1, -0.05) is 11.6 Å². The predicted octanol–water partition coefficient (Wildman–Crippen LogP) is 1.73. The van der Waals surface area contributed by atoms with Crippen molar-refractivity contribution in [3.05, 3.63) is 28.8 Å². The summed E-state index contributed by atoms with van der Waals surface area (Å²) in [4.78, 5) is 13.6. The molecule has 0 fully saturated rings. The van der Waals surface area contributed by atoms with Gasteiger partial charge >= 0.3 is 0 Å². The van der Waals surface area contributed by atoms with Crippen LogP contribution in [0.4, 0.5) is 0 Å². The fourth-order valence-corrected chi connectivity index (χ4v) is 1.68. The molecule has 5 heteroatoms. The lowest BCUT2D eigenvalue weighted by molar-refractivity contribution is 0.0793. The van der Waals surface area contributed by atoms with E-state index in [1.54, 1.807) is 11.9 Å². The van der Waals surface area contributed by atoms with Crippen LogP contribution in [0.15, 0.2) is 18.2 Å². The quantitative estimate of drug-likeness (QED) is 0.789. The standard InChI is InChI=1S/C12H17ClN2O2/c1-14-6-3-7-15(2)12(17)10-8-9(16)4-5-11(10)13/h4-5,8,14,16H,3,6-7H2,1-2H3. The molecule has 0 aliphatic carbocycles. The number of aromatic hydroxyl groups is 1. The Morgan fingerprint density at radius 3 is 2.88 bits per heavy atom. The van der Waals surface area contributed by atoms with Gasteiger partial charge in [-0.05, 0) is 38.2 Å². The molecular weight excluding hydrogens is 240 g/mol. The summed E-state index contributed by atoms with van der Waals surface area (Å²) in [6.07, 6.45) is 0.870. The SMILES string of the molecule is CNCCCN(C)C(=O)c1cc(O)ccc1Cl. The first-order chi connectivity index (χ1) is 8.06. The van der Waals surface area contributed by atoms with Gasteiger partial charge in [-0.3, -0.25) is 4.79 Å². The Morgan fingerprint density at radius 1 is 1.53 bits per heavy atom. The van der Waals surface area contributed by atoms with E-state index in [-0.39, 0.29) is 11.7 Å². The molecule has 0 saturated carbocycles. The van der Waals surface area contributed by atoms with Crippen LogP contribution >= 0.6 is 11.6 Å². The number of phenolic OH excluding ortho intramolecular Hbond substituents is 1. The minimum atomic E-state index is -0.179. The molecule has 2 N–H and O–H groups in total. The van der Waals surface area contributed by atoms with Gasteiger partial charge in [0.1, 0.15) is 5.75 Å². The van der Waals surface area contributed by atoms with Gasteiger partial charge in [-0.25, -0.2) is 0 Å². The summed E-state index contributed by atoms with van der Waals surface area (Å²) in [7, 11) is 3.59. The minimum Gasteiger partial charge on any atom is -0.508 e. The third-order valence-electron chi connectivity index (χ3n) is 2.45. The zero-order valence-electron chi connectivity index (χ0n) is 10.0. The third-order valence-corrected chi connectivity index (χ3v) is 2.78. The molecule has 0 aliphatic heterocycles. The molecule has 4 nitrogen and oxygen atoms in total. The van der Waals surface area contributed by atoms with Crippen molar-refractivity contribution in [2.24, 2.45) is 0 Å². The van der Waals surface area contributed by atoms with Crippen LogP contribution in [0.1, 0.15) is 16.8 Å². The summed E-state index contributed by atoms with van der Waals surface area (Å²) < 4.78 is 0. The van der Waals surface area contributed by atoms with Crippen molar-refractivity contribution >= 4 is 17.5 Å². The van der Waals surface area contributed by atoms with Crippen molar-refractivity contribution in [2.45, 2.75) is 6.42 Å². The van der Waals surface area contributed by atoms with Gasteiger partial charge < -0.3 is 15.3 Å². The zero-order valence-corrected chi connectivity index (χ0v) is 10.8. The molecule has 94 valence electrons. The van der Waals surface area contributed by atoms with Gasteiger partial charge in [0.05, 0.1) is 10.6 Å². The van der Waals surface area contributed by atoms with Crippen molar-refractivity contribution in [3.8, 4) is 5.75 Å². The first kappa shape index (κ1) is 13.8. The number of hydrogen-bond donors (Lipinski definition) is 2. The summed E-state index contributed by atoms with van der Waals surface area (Å²) in [5.74, 6) is -0.136. The van der Waals surface area contributed by atoms with E-state index in [4.69, 9.17) is 11.6 Å². The number of carbonyl (C=O) groups is 1. The summed E-state index contributed by atoms with van der Waals surface area (Å²) in [5.41, 5.74) is 0.332. The number of amides is 1. The summed E-state index contributed by atoms with van der Waals surface area (Å²) >= 11 is 5.93. The van der Waals surface area contributed by atoms with Crippen molar-refractivity contribution in [1.29, 1.82) is 0 Å². The van der Waals surface area contributed by atoms with Crippen LogP contribution in [-0.4, -0.2) is 43.1 Å². The number of phenols is 1. The van der Waals surface area contributed by atoms with Crippen LogP contribution in [0.2, 0.25) is 5.02 Å². The van der Waals surface area contributed by atoms with Gasteiger partial charge in [-0.2, -0.15) is 0 Å². The van der Waals surface area contributed by atoms with Crippen molar-refractivity contribution in [1.82, 2.24) is 10.2 Å². The average molecular weight is 257 g/mol. The Labute approximate surface area is 106 Å². The van der Waals surface area contributed by atoms with Crippen LogP contribution in [0.3, 0.4) is 0 Å². The fraction of sp³-hybridized carbons (Fsp3) is 0.417. The van der Waals surface area contributed by atoms with E-state index in [2.05, 4.69) is 5.32 Å². The number of hydrogen-bond acceptors (Lipinski definition) is 3. The van der Waals surface area contributed by atoms with Crippen LogP contribution in [0.25, 0.3) is 0 Å². The Morgan fingerprint density at radius 2 is 2.24 bits per heavy atom. The first-order valence-electron chi connectivity index (χ1n) is 5.45. The van der Waals surface area contributed by atoms with Gasteiger partial charge in [0.15, 0.2) is 0 Å². The van der Waals surface area contributed by atoms with E-state index in [0.29, 0.717) is 17.1 Å². The van der Waals surface area contributed by atoms with E-state index in [1.165, 1.54) is 18.2 Å². The minimum absolute atomic E-state index is 0.0429. The second-order valence-electron chi connectivity index (χ2n) is 3.85. The molecule has 0 unspecified atom stereocenters. The van der Waals surface area contributed by atoms with Gasteiger partial charge in [0.25, 0.3) is 5.91 Å². The Kier molecular flexibility index (Phi) is 5.25. The van der Waals surface area contributed by atoms with E-state index >= 15 is 0 Å². The van der Waals surface area contributed by atoms with Gasteiger partial charge in [-0.15, -0.1) is 0 Å². The second-order valence-corrected chi connectivity index (χ2v) is 4.26. The lowest BCUT2D eigenvalue weighted by Crippen LogP contribution is -2.29. The average Bonchev–Trinajstić information content (AvgIpc) is 2.31. The normalized spacial score (nSPS) is 10.3. The summed E-state index contributed by atoms with van der Waals surface area (Å²) in [6.45, 7) is 1.50. The first-order valence-corrected chi connectivity index (χ1v) is 5.82. The van der Waals surface area contributed by atoms with Crippen molar-refractivity contribution in [2.75, 3.05) is 27.2 Å². The number of nitrogens with zero attached hydrogens (tertiary/aromatic N) is 1. The molecule has 0 bridgehead atoms. The highest BCUT2D eigenvalue weighted by molar-refractivity contribution is 6.33. The molecule has 0 saturated heterocycles. The molecule has 1 aromatic rings. The van der Waals surface area contributed by atoms with E-state index in [9.17, 15) is 9.90 Å². The van der Waals surface area contributed by atoms with E-state index in [1.807, 2.05) is 7.05 Å². The van der Waals surface area contributed by atoms with Crippen molar-refractivity contribution < 1.29 is 9.90 Å². The van der Waals surface area contributed by atoms with Crippen LogP contribution in [0, 0.1) is 0 Å². The largest absolute Gasteiger partial charge is 0.508 e. The Hall–Kier alpha value is -1.26. The highest BCUT2D eigenvalue weighted by Gasteiger charge is 2.15. The topological polar surface area (TPSA) is 52.6 Å². The third kappa shape index (κ3) is 3.91. The maximum atomic E-state index is 12.0. The number of halogens is 1. The molecule has 0 aromatic heterocycles. The maximum Gasteiger partial charge on any atom is 0.255 e. The van der Waals surface area contributed by atoms with Gasteiger partial charge in [0, 0.05) is 13.6 Å². The Bertz CT molecular complexity index is 396. The lowest BCUT2D eigenvalue weighted by Gasteiger charge is -2.17.